The van der Waals surface area contributed by atoms with Crippen molar-refractivity contribution in [1.29, 1.82) is 0 Å². The zero-order chi connectivity index (χ0) is 14.6. The summed E-state index contributed by atoms with van der Waals surface area (Å²) in [6, 6.07) is 5.83. The van der Waals surface area contributed by atoms with Crippen molar-refractivity contribution < 1.29 is 4.39 Å². The standard InChI is InChI=1S/C16H27FN2/c1-7-19(12(2)3)15-9-8-13(10-14(15)17)11-18-16(4,5)6/h8-10,12,18H,7,11H2,1-6H3. The molecule has 0 aliphatic heterocycles. The summed E-state index contributed by atoms with van der Waals surface area (Å²) >= 11 is 0. The summed E-state index contributed by atoms with van der Waals surface area (Å²) in [4.78, 5) is 2.07. The lowest BCUT2D eigenvalue weighted by molar-refractivity contribution is 0.423. The molecule has 108 valence electrons. The summed E-state index contributed by atoms with van der Waals surface area (Å²) in [7, 11) is 0. The van der Waals surface area contributed by atoms with E-state index in [2.05, 4.69) is 51.8 Å². The first-order valence-corrected chi connectivity index (χ1v) is 7.04. The maximum Gasteiger partial charge on any atom is 0.146 e. The van der Waals surface area contributed by atoms with Gasteiger partial charge in [0.15, 0.2) is 0 Å². The van der Waals surface area contributed by atoms with E-state index in [-0.39, 0.29) is 11.4 Å². The molecule has 1 rings (SSSR count). The lowest BCUT2D eigenvalue weighted by Gasteiger charge is -2.28. The predicted molar refractivity (Wildman–Crippen MR) is 81.1 cm³/mol. The summed E-state index contributed by atoms with van der Waals surface area (Å²) in [5, 5.41) is 3.37. The topological polar surface area (TPSA) is 15.3 Å². The minimum absolute atomic E-state index is 0.0442. The molecule has 0 amide bonds. The van der Waals surface area contributed by atoms with E-state index >= 15 is 0 Å². The fraction of sp³-hybridized carbons (Fsp3) is 0.625. The Kier molecular flexibility index (Phi) is 5.36. The SMILES string of the molecule is CCN(c1ccc(CNC(C)(C)C)cc1F)C(C)C. The van der Waals surface area contributed by atoms with Crippen LogP contribution in [0.1, 0.15) is 47.1 Å². The molecule has 0 aromatic heterocycles. The van der Waals surface area contributed by atoms with Crippen molar-refractivity contribution in [1.82, 2.24) is 5.32 Å². The van der Waals surface area contributed by atoms with E-state index in [1.54, 1.807) is 6.07 Å². The van der Waals surface area contributed by atoms with Crippen LogP contribution in [0.5, 0.6) is 0 Å². The Morgan fingerprint density at radius 2 is 1.89 bits per heavy atom. The second-order valence-electron chi connectivity index (χ2n) is 6.27. The molecule has 0 saturated carbocycles. The molecule has 0 unspecified atom stereocenters. The van der Waals surface area contributed by atoms with Crippen molar-refractivity contribution in [3.63, 3.8) is 0 Å². The number of rotatable bonds is 5. The van der Waals surface area contributed by atoms with Gasteiger partial charge < -0.3 is 10.2 Å². The minimum atomic E-state index is -0.135. The van der Waals surface area contributed by atoms with E-state index in [4.69, 9.17) is 0 Å². The van der Waals surface area contributed by atoms with Crippen LogP contribution in [-0.4, -0.2) is 18.1 Å². The number of hydrogen-bond donors (Lipinski definition) is 1. The van der Waals surface area contributed by atoms with Crippen molar-refractivity contribution in [2.24, 2.45) is 0 Å². The van der Waals surface area contributed by atoms with E-state index in [0.29, 0.717) is 18.3 Å². The Morgan fingerprint density at radius 3 is 2.32 bits per heavy atom. The van der Waals surface area contributed by atoms with E-state index in [9.17, 15) is 4.39 Å². The average Bonchev–Trinajstić information content (AvgIpc) is 2.28. The summed E-state index contributed by atoms with van der Waals surface area (Å²) in [6.45, 7) is 14.0. The van der Waals surface area contributed by atoms with Gasteiger partial charge in [0.25, 0.3) is 0 Å². The van der Waals surface area contributed by atoms with Crippen LogP contribution in [0.4, 0.5) is 10.1 Å². The highest BCUT2D eigenvalue weighted by Gasteiger charge is 2.14. The van der Waals surface area contributed by atoms with Crippen molar-refractivity contribution in [3.8, 4) is 0 Å². The van der Waals surface area contributed by atoms with Gasteiger partial charge in [0, 0.05) is 24.7 Å². The maximum absolute atomic E-state index is 14.2. The van der Waals surface area contributed by atoms with E-state index in [0.717, 1.165) is 12.1 Å². The van der Waals surface area contributed by atoms with E-state index < -0.39 is 0 Å². The van der Waals surface area contributed by atoms with Crippen molar-refractivity contribution in [3.05, 3.63) is 29.6 Å². The zero-order valence-corrected chi connectivity index (χ0v) is 13.0. The van der Waals surface area contributed by atoms with Crippen LogP contribution >= 0.6 is 0 Å². The van der Waals surface area contributed by atoms with Crippen molar-refractivity contribution >= 4 is 5.69 Å². The van der Waals surface area contributed by atoms with Gasteiger partial charge in [-0.25, -0.2) is 4.39 Å². The molecule has 1 aromatic carbocycles. The highest BCUT2D eigenvalue weighted by Crippen LogP contribution is 2.22. The third-order valence-corrected chi connectivity index (χ3v) is 3.11. The molecular weight excluding hydrogens is 239 g/mol. The second-order valence-corrected chi connectivity index (χ2v) is 6.27. The van der Waals surface area contributed by atoms with Gasteiger partial charge in [0.2, 0.25) is 0 Å². The van der Waals surface area contributed by atoms with Gasteiger partial charge in [-0.3, -0.25) is 0 Å². The van der Waals surface area contributed by atoms with Crippen LogP contribution in [-0.2, 0) is 6.54 Å². The third-order valence-electron chi connectivity index (χ3n) is 3.11. The van der Waals surface area contributed by atoms with Crippen LogP contribution in [0.25, 0.3) is 0 Å². The minimum Gasteiger partial charge on any atom is -0.367 e. The molecule has 2 nitrogen and oxygen atoms in total. The summed E-state index contributed by atoms with van der Waals surface area (Å²) in [5.41, 5.74) is 1.72. The first kappa shape index (κ1) is 16.0. The molecule has 0 aliphatic rings. The number of anilines is 1. The Hall–Kier alpha value is -1.09. The zero-order valence-electron chi connectivity index (χ0n) is 13.0. The Morgan fingerprint density at radius 1 is 1.26 bits per heavy atom. The number of halogens is 1. The summed E-state index contributed by atoms with van der Waals surface area (Å²) < 4.78 is 14.2. The molecule has 1 aromatic rings. The molecule has 0 aliphatic carbocycles. The maximum atomic E-state index is 14.2. The Balaban J connectivity index is 2.85. The van der Waals surface area contributed by atoms with E-state index in [1.807, 2.05) is 12.1 Å². The molecule has 19 heavy (non-hydrogen) atoms. The van der Waals surface area contributed by atoms with Gasteiger partial charge in [-0.15, -0.1) is 0 Å². The first-order valence-electron chi connectivity index (χ1n) is 7.04. The molecule has 0 fully saturated rings. The van der Waals surface area contributed by atoms with Crippen LogP contribution in [0.3, 0.4) is 0 Å². The van der Waals surface area contributed by atoms with E-state index in [1.165, 1.54) is 0 Å². The molecule has 0 atom stereocenters. The molecule has 0 radical (unpaired) electrons. The van der Waals surface area contributed by atoms with Gasteiger partial charge in [-0.1, -0.05) is 6.07 Å². The molecule has 0 spiro atoms. The molecule has 1 N–H and O–H groups in total. The van der Waals surface area contributed by atoms with Crippen molar-refractivity contribution in [2.75, 3.05) is 11.4 Å². The average molecular weight is 266 g/mol. The van der Waals surface area contributed by atoms with Crippen LogP contribution in [0, 0.1) is 5.82 Å². The molecule has 0 heterocycles. The highest BCUT2D eigenvalue weighted by molar-refractivity contribution is 5.49. The number of nitrogens with zero attached hydrogens (tertiary/aromatic N) is 1. The monoisotopic (exact) mass is 266 g/mol. The lowest BCUT2D eigenvalue weighted by atomic mass is 10.1. The van der Waals surface area contributed by atoms with Crippen LogP contribution in [0.2, 0.25) is 0 Å². The quantitative estimate of drug-likeness (QED) is 0.868. The highest BCUT2D eigenvalue weighted by atomic mass is 19.1. The number of nitrogens with one attached hydrogen (secondary N) is 1. The van der Waals surface area contributed by atoms with Gasteiger partial charge in [-0.05, 0) is 59.2 Å². The number of hydrogen-bond acceptors (Lipinski definition) is 2. The third kappa shape index (κ3) is 4.83. The fourth-order valence-electron chi connectivity index (χ4n) is 2.07. The normalized spacial score (nSPS) is 12.0. The fourth-order valence-corrected chi connectivity index (χ4v) is 2.07. The summed E-state index contributed by atoms with van der Waals surface area (Å²) in [5.74, 6) is -0.135. The van der Waals surface area contributed by atoms with Gasteiger partial charge in [-0.2, -0.15) is 0 Å². The van der Waals surface area contributed by atoms with Gasteiger partial charge in [0.05, 0.1) is 5.69 Å². The summed E-state index contributed by atoms with van der Waals surface area (Å²) in [6.07, 6.45) is 0. The Labute approximate surface area is 117 Å². The second kappa shape index (κ2) is 6.38. The lowest BCUT2D eigenvalue weighted by Crippen LogP contribution is -2.35. The molecule has 0 bridgehead atoms. The predicted octanol–water partition coefficient (Wildman–Crippen LogP) is 3.95. The van der Waals surface area contributed by atoms with Gasteiger partial charge in [0.1, 0.15) is 5.82 Å². The number of benzene rings is 1. The smallest absolute Gasteiger partial charge is 0.146 e. The van der Waals surface area contributed by atoms with Crippen molar-refractivity contribution in [2.45, 2.75) is 59.7 Å². The first-order chi connectivity index (χ1) is 8.74. The molecule has 3 heteroatoms. The van der Waals surface area contributed by atoms with Crippen LogP contribution < -0.4 is 10.2 Å². The van der Waals surface area contributed by atoms with Gasteiger partial charge >= 0.3 is 0 Å². The van der Waals surface area contributed by atoms with Crippen LogP contribution in [0.15, 0.2) is 18.2 Å². The molecular formula is C16H27FN2. The molecule has 0 saturated heterocycles. The largest absolute Gasteiger partial charge is 0.367 e. The Bertz CT molecular complexity index is 408.